The molecule has 0 spiro atoms. The summed E-state index contributed by atoms with van der Waals surface area (Å²) in [6.45, 7) is 13.8. The zero-order valence-corrected chi connectivity index (χ0v) is 28.5. The van der Waals surface area contributed by atoms with Crippen LogP contribution in [0.5, 0.6) is 0 Å². The molecule has 6 aromatic carbocycles. The van der Waals surface area contributed by atoms with Crippen LogP contribution >= 0.6 is 11.3 Å². The second kappa shape index (κ2) is 11.6. The number of nitrogens with zero attached hydrogens (tertiary/aromatic N) is 1. The molecule has 7 aromatic rings. The van der Waals surface area contributed by atoms with Gasteiger partial charge in [-0.1, -0.05) is 120 Å². The van der Waals surface area contributed by atoms with Crippen LogP contribution in [0, 0.1) is 0 Å². The molecular weight excluding hydrogens is 575 g/mol. The Labute approximate surface area is 277 Å². The Hall–Kier alpha value is -4.66. The number of fused-ring (bicyclic) bond motifs is 3. The lowest BCUT2D eigenvalue weighted by atomic mass is 9.83. The number of thiophene rings is 1. The van der Waals surface area contributed by atoms with E-state index in [0.29, 0.717) is 0 Å². The average Bonchev–Trinajstić information content (AvgIpc) is 3.43. The van der Waals surface area contributed by atoms with Crippen molar-refractivity contribution >= 4 is 48.6 Å². The summed E-state index contributed by atoms with van der Waals surface area (Å²) in [6, 6.07) is 51.2. The van der Waals surface area contributed by atoms with Gasteiger partial charge in [0.05, 0.1) is 0 Å². The lowest BCUT2D eigenvalue weighted by Crippen LogP contribution is -2.11. The number of anilines is 3. The maximum absolute atomic E-state index is 2.44. The summed E-state index contributed by atoms with van der Waals surface area (Å²) < 4.78 is 2.71. The highest BCUT2D eigenvalue weighted by Crippen LogP contribution is 2.45. The highest BCUT2D eigenvalue weighted by atomic mass is 32.1. The monoisotopic (exact) mass is 615 g/mol. The van der Waals surface area contributed by atoms with Gasteiger partial charge in [0.15, 0.2) is 0 Å². The zero-order chi connectivity index (χ0) is 32.1. The van der Waals surface area contributed by atoms with E-state index >= 15 is 0 Å². The quantitative estimate of drug-likeness (QED) is 0.186. The molecule has 0 amide bonds. The third-order valence-electron chi connectivity index (χ3n) is 8.99. The first-order chi connectivity index (χ1) is 22.1. The van der Waals surface area contributed by atoms with Crippen LogP contribution in [0.1, 0.15) is 52.7 Å². The first-order valence-corrected chi connectivity index (χ1v) is 17.0. The van der Waals surface area contributed by atoms with Crippen molar-refractivity contribution in [2.24, 2.45) is 0 Å². The van der Waals surface area contributed by atoms with E-state index in [0.717, 1.165) is 17.1 Å². The molecule has 0 aliphatic rings. The second-order valence-electron chi connectivity index (χ2n) is 14.3. The minimum Gasteiger partial charge on any atom is -0.311 e. The van der Waals surface area contributed by atoms with Gasteiger partial charge in [0.2, 0.25) is 0 Å². The first kappa shape index (κ1) is 30.0. The van der Waals surface area contributed by atoms with Crippen molar-refractivity contribution in [3.05, 3.63) is 151 Å². The van der Waals surface area contributed by atoms with E-state index < -0.39 is 0 Å². The van der Waals surface area contributed by atoms with Crippen molar-refractivity contribution in [3.63, 3.8) is 0 Å². The highest BCUT2D eigenvalue weighted by Gasteiger charge is 2.21. The molecule has 0 aliphatic heterocycles. The Morgan fingerprint density at radius 2 is 0.935 bits per heavy atom. The summed E-state index contributed by atoms with van der Waals surface area (Å²) >= 11 is 1.92. The van der Waals surface area contributed by atoms with E-state index in [1.807, 2.05) is 11.3 Å². The number of benzene rings is 6. The Kier molecular flexibility index (Phi) is 7.57. The topological polar surface area (TPSA) is 3.24 Å². The Morgan fingerprint density at radius 1 is 0.435 bits per heavy atom. The van der Waals surface area contributed by atoms with Gasteiger partial charge in [-0.3, -0.25) is 0 Å². The predicted molar refractivity (Wildman–Crippen MR) is 202 cm³/mol. The van der Waals surface area contributed by atoms with E-state index in [1.165, 1.54) is 53.6 Å². The SMILES string of the molecule is CC(C)(C)c1ccc2sc3c(-c4ccc(N(c5ccccc5)c5ccc(-c6ccccc6)cc5)cc4)cc(C(C)(C)C)cc3c2c1. The molecule has 228 valence electrons. The maximum atomic E-state index is 2.44. The van der Waals surface area contributed by atoms with Crippen molar-refractivity contribution in [2.75, 3.05) is 4.90 Å². The molecule has 1 heterocycles. The third kappa shape index (κ3) is 5.74. The number of rotatable bonds is 5. The molecule has 0 aliphatic carbocycles. The summed E-state index contributed by atoms with van der Waals surface area (Å²) in [4.78, 5) is 2.34. The van der Waals surface area contributed by atoms with E-state index in [-0.39, 0.29) is 10.8 Å². The van der Waals surface area contributed by atoms with Gasteiger partial charge in [-0.2, -0.15) is 0 Å². The highest BCUT2D eigenvalue weighted by molar-refractivity contribution is 7.26. The average molecular weight is 616 g/mol. The molecular formula is C44H41NS. The molecule has 0 N–H and O–H groups in total. The lowest BCUT2D eigenvalue weighted by molar-refractivity contribution is 0.590. The van der Waals surface area contributed by atoms with Crippen LogP contribution in [0.2, 0.25) is 0 Å². The van der Waals surface area contributed by atoms with E-state index in [4.69, 9.17) is 0 Å². The van der Waals surface area contributed by atoms with Crippen LogP contribution < -0.4 is 4.90 Å². The molecule has 0 saturated carbocycles. The van der Waals surface area contributed by atoms with Gasteiger partial charge in [-0.05, 0) is 105 Å². The van der Waals surface area contributed by atoms with Crippen LogP contribution in [-0.2, 0) is 10.8 Å². The van der Waals surface area contributed by atoms with Gasteiger partial charge in [-0.15, -0.1) is 11.3 Å². The van der Waals surface area contributed by atoms with Gasteiger partial charge < -0.3 is 4.90 Å². The molecule has 7 rings (SSSR count). The fourth-order valence-corrected chi connectivity index (χ4v) is 7.44. The van der Waals surface area contributed by atoms with Gasteiger partial charge in [0, 0.05) is 37.2 Å². The molecule has 1 aromatic heterocycles. The number of para-hydroxylation sites is 1. The predicted octanol–water partition coefficient (Wildman–Crippen LogP) is 13.5. The lowest BCUT2D eigenvalue weighted by Gasteiger charge is -2.26. The Morgan fingerprint density at radius 3 is 1.52 bits per heavy atom. The largest absolute Gasteiger partial charge is 0.311 e. The molecule has 46 heavy (non-hydrogen) atoms. The van der Waals surface area contributed by atoms with Crippen LogP contribution in [0.4, 0.5) is 17.1 Å². The second-order valence-corrected chi connectivity index (χ2v) is 15.4. The van der Waals surface area contributed by atoms with Crippen molar-refractivity contribution < 1.29 is 0 Å². The van der Waals surface area contributed by atoms with E-state index in [9.17, 15) is 0 Å². The molecule has 2 heteroatoms. The summed E-state index contributed by atoms with van der Waals surface area (Å²) in [5, 5.41) is 2.73. The normalized spacial score (nSPS) is 12.1. The van der Waals surface area contributed by atoms with Crippen LogP contribution in [0.3, 0.4) is 0 Å². The Balaban J connectivity index is 1.33. The van der Waals surface area contributed by atoms with E-state index in [2.05, 4.69) is 186 Å². The van der Waals surface area contributed by atoms with Crippen molar-refractivity contribution in [1.82, 2.24) is 0 Å². The van der Waals surface area contributed by atoms with Crippen LogP contribution in [0.25, 0.3) is 42.4 Å². The molecule has 1 nitrogen and oxygen atoms in total. The summed E-state index contributed by atoms with van der Waals surface area (Å²) in [7, 11) is 0. The summed E-state index contributed by atoms with van der Waals surface area (Å²) in [5.41, 5.74) is 11.3. The zero-order valence-electron chi connectivity index (χ0n) is 27.6. The fraction of sp³-hybridized carbons (Fsp3) is 0.182. The molecule has 0 atom stereocenters. The minimum atomic E-state index is 0.0365. The summed E-state index contributed by atoms with van der Waals surface area (Å²) in [5.74, 6) is 0. The molecule has 0 unspecified atom stereocenters. The molecule has 0 saturated heterocycles. The molecule has 0 fully saturated rings. The van der Waals surface area contributed by atoms with Gasteiger partial charge in [-0.25, -0.2) is 0 Å². The van der Waals surface area contributed by atoms with Crippen LogP contribution in [0.15, 0.2) is 140 Å². The number of hydrogen-bond acceptors (Lipinski definition) is 2. The summed E-state index contributed by atoms with van der Waals surface area (Å²) in [6.07, 6.45) is 0. The van der Waals surface area contributed by atoms with Gasteiger partial charge in [0.25, 0.3) is 0 Å². The first-order valence-electron chi connectivity index (χ1n) is 16.2. The third-order valence-corrected chi connectivity index (χ3v) is 10.2. The Bertz CT molecular complexity index is 2120. The van der Waals surface area contributed by atoms with Crippen molar-refractivity contribution in [3.8, 4) is 22.3 Å². The van der Waals surface area contributed by atoms with Crippen LogP contribution in [-0.4, -0.2) is 0 Å². The van der Waals surface area contributed by atoms with Crippen molar-refractivity contribution in [2.45, 2.75) is 52.4 Å². The molecule has 0 radical (unpaired) electrons. The van der Waals surface area contributed by atoms with Gasteiger partial charge in [0.1, 0.15) is 0 Å². The maximum Gasteiger partial charge on any atom is 0.0462 e. The smallest absolute Gasteiger partial charge is 0.0462 e. The number of hydrogen-bond donors (Lipinski definition) is 0. The molecule has 0 bridgehead atoms. The minimum absolute atomic E-state index is 0.0365. The fourth-order valence-electron chi connectivity index (χ4n) is 6.24. The standard InChI is InChI=1S/C44H41NS/c1-43(2,3)33-21-26-41-39(27-33)40-29-34(44(4,5)6)28-38(42(40)46-41)32-19-24-37(25-20-32)45(35-15-11-8-12-16-35)36-22-17-31(18-23-36)30-13-9-7-10-14-30/h7-29H,1-6H3. The van der Waals surface area contributed by atoms with E-state index in [1.54, 1.807) is 0 Å². The van der Waals surface area contributed by atoms with Gasteiger partial charge >= 0.3 is 0 Å². The van der Waals surface area contributed by atoms with Crippen molar-refractivity contribution in [1.29, 1.82) is 0 Å².